The molecular formula is C18H25N3O3. The molecule has 6 nitrogen and oxygen atoms in total. The predicted octanol–water partition coefficient (Wildman–Crippen LogP) is 0.325. The number of hydrogen-bond donors (Lipinski definition) is 2. The molecule has 3 rings (SSSR count). The Labute approximate surface area is 142 Å². The first kappa shape index (κ1) is 16.9. The Balaban J connectivity index is 1.58. The molecule has 2 heterocycles. The van der Waals surface area contributed by atoms with Gasteiger partial charge in [-0.1, -0.05) is 30.3 Å². The van der Waals surface area contributed by atoms with E-state index in [0.717, 1.165) is 32.7 Å². The van der Waals surface area contributed by atoms with E-state index in [-0.39, 0.29) is 23.9 Å². The van der Waals surface area contributed by atoms with Gasteiger partial charge < -0.3 is 15.4 Å². The van der Waals surface area contributed by atoms with Gasteiger partial charge in [-0.05, 0) is 18.4 Å². The molecule has 1 aromatic carbocycles. The summed E-state index contributed by atoms with van der Waals surface area (Å²) in [5.41, 5.74) is 1.26. The van der Waals surface area contributed by atoms with Crippen LogP contribution < -0.4 is 10.6 Å². The molecule has 0 spiro atoms. The second kappa shape index (κ2) is 8.26. The molecule has 0 bridgehead atoms. The Bertz CT molecular complexity index is 558. The van der Waals surface area contributed by atoms with Gasteiger partial charge in [-0.15, -0.1) is 0 Å². The predicted molar refractivity (Wildman–Crippen MR) is 90.5 cm³/mol. The van der Waals surface area contributed by atoms with Crippen LogP contribution in [0.2, 0.25) is 0 Å². The third kappa shape index (κ3) is 4.55. The molecule has 2 saturated heterocycles. The summed E-state index contributed by atoms with van der Waals surface area (Å²) in [7, 11) is 0. The molecule has 2 aliphatic heterocycles. The van der Waals surface area contributed by atoms with Crippen LogP contribution in [0.5, 0.6) is 0 Å². The standard InChI is InChI=1S/C18H25N3O3/c22-17-7-6-16(20-17)18(23)19-13-15(21-8-10-24-11-9-21)12-14-4-2-1-3-5-14/h1-5,15-16H,6-13H2,(H,19,23)(H,20,22). The van der Waals surface area contributed by atoms with Crippen molar-refractivity contribution in [1.82, 2.24) is 15.5 Å². The maximum Gasteiger partial charge on any atom is 0.242 e. The van der Waals surface area contributed by atoms with E-state index in [1.807, 2.05) is 18.2 Å². The Morgan fingerprint density at radius 1 is 1.29 bits per heavy atom. The van der Waals surface area contributed by atoms with Crippen molar-refractivity contribution in [3.05, 3.63) is 35.9 Å². The lowest BCUT2D eigenvalue weighted by Gasteiger charge is -2.35. The number of morpholine rings is 1. The largest absolute Gasteiger partial charge is 0.379 e. The number of rotatable bonds is 6. The average molecular weight is 331 g/mol. The first-order valence-corrected chi connectivity index (χ1v) is 8.65. The lowest BCUT2D eigenvalue weighted by Crippen LogP contribution is -2.52. The van der Waals surface area contributed by atoms with Crippen LogP contribution in [0.4, 0.5) is 0 Å². The van der Waals surface area contributed by atoms with Crippen molar-refractivity contribution in [2.24, 2.45) is 0 Å². The number of nitrogens with one attached hydrogen (secondary N) is 2. The van der Waals surface area contributed by atoms with Crippen molar-refractivity contribution in [1.29, 1.82) is 0 Å². The van der Waals surface area contributed by atoms with Crippen molar-refractivity contribution in [2.45, 2.75) is 31.3 Å². The zero-order valence-electron chi connectivity index (χ0n) is 13.9. The fourth-order valence-corrected chi connectivity index (χ4v) is 3.31. The highest BCUT2D eigenvalue weighted by Gasteiger charge is 2.28. The second-order valence-corrected chi connectivity index (χ2v) is 6.40. The molecule has 2 unspecified atom stereocenters. The quantitative estimate of drug-likeness (QED) is 0.788. The summed E-state index contributed by atoms with van der Waals surface area (Å²) in [6.07, 6.45) is 1.92. The number of carbonyl (C=O) groups is 2. The highest BCUT2D eigenvalue weighted by Crippen LogP contribution is 2.12. The summed E-state index contributed by atoms with van der Waals surface area (Å²) in [6, 6.07) is 10.2. The molecule has 130 valence electrons. The molecule has 2 aliphatic rings. The maximum atomic E-state index is 12.3. The van der Waals surface area contributed by atoms with E-state index in [0.29, 0.717) is 19.4 Å². The van der Waals surface area contributed by atoms with Gasteiger partial charge in [-0.25, -0.2) is 0 Å². The van der Waals surface area contributed by atoms with Crippen LogP contribution in [-0.4, -0.2) is 61.6 Å². The first-order chi connectivity index (χ1) is 11.7. The van der Waals surface area contributed by atoms with Crippen molar-refractivity contribution >= 4 is 11.8 Å². The van der Waals surface area contributed by atoms with Crippen molar-refractivity contribution < 1.29 is 14.3 Å². The first-order valence-electron chi connectivity index (χ1n) is 8.65. The minimum absolute atomic E-state index is 0.0378. The molecule has 0 saturated carbocycles. The lowest BCUT2D eigenvalue weighted by atomic mass is 10.0. The minimum Gasteiger partial charge on any atom is -0.379 e. The van der Waals surface area contributed by atoms with Gasteiger partial charge in [0.15, 0.2) is 0 Å². The molecule has 2 atom stereocenters. The van der Waals surface area contributed by atoms with E-state index in [2.05, 4.69) is 27.7 Å². The van der Waals surface area contributed by atoms with Crippen LogP contribution in [0.15, 0.2) is 30.3 Å². The molecule has 24 heavy (non-hydrogen) atoms. The summed E-state index contributed by atoms with van der Waals surface area (Å²) in [6.45, 7) is 3.82. The molecule has 2 amide bonds. The van der Waals surface area contributed by atoms with E-state index in [9.17, 15) is 9.59 Å². The summed E-state index contributed by atoms with van der Waals surface area (Å²) in [5, 5.41) is 5.75. The monoisotopic (exact) mass is 331 g/mol. The number of amides is 2. The summed E-state index contributed by atoms with van der Waals surface area (Å²) >= 11 is 0. The van der Waals surface area contributed by atoms with Gasteiger partial charge in [0, 0.05) is 32.1 Å². The Hall–Kier alpha value is -1.92. The Kier molecular flexibility index (Phi) is 5.82. The van der Waals surface area contributed by atoms with Crippen LogP contribution in [-0.2, 0) is 20.7 Å². The summed E-state index contributed by atoms with van der Waals surface area (Å²) in [4.78, 5) is 25.9. The Morgan fingerprint density at radius 3 is 2.71 bits per heavy atom. The number of carbonyl (C=O) groups excluding carboxylic acids is 2. The second-order valence-electron chi connectivity index (χ2n) is 6.40. The number of hydrogen-bond acceptors (Lipinski definition) is 4. The zero-order valence-corrected chi connectivity index (χ0v) is 13.9. The van der Waals surface area contributed by atoms with Gasteiger partial charge in [0.25, 0.3) is 0 Å². The molecule has 6 heteroatoms. The van der Waals surface area contributed by atoms with Crippen molar-refractivity contribution in [3.63, 3.8) is 0 Å². The molecule has 2 fully saturated rings. The van der Waals surface area contributed by atoms with Crippen LogP contribution in [0, 0.1) is 0 Å². The van der Waals surface area contributed by atoms with Crippen molar-refractivity contribution in [3.8, 4) is 0 Å². The van der Waals surface area contributed by atoms with Gasteiger partial charge in [-0.2, -0.15) is 0 Å². The third-order valence-corrected chi connectivity index (χ3v) is 4.70. The van der Waals surface area contributed by atoms with Gasteiger partial charge in [0.2, 0.25) is 11.8 Å². The maximum absolute atomic E-state index is 12.3. The number of nitrogens with zero attached hydrogens (tertiary/aromatic N) is 1. The molecule has 1 aromatic rings. The van der Waals surface area contributed by atoms with E-state index in [1.54, 1.807) is 0 Å². The normalized spacial score (nSPS) is 22.8. The van der Waals surface area contributed by atoms with Crippen molar-refractivity contribution in [2.75, 3.05) is 32.8 Å². The minimum atomic E-state index is -0.375. The highest BCUT2D eigenvalue weighted by molar-refractivity contribution is 5.90. The van der Waals surface area contributed by atoms with Crippen LogP contribution >= 0.6 is 0 Å². The molecule has 0 aromatic heterocycles. The molecule has 0 radical (unpaired) electrons. The zero-order chi connectivity index (χ0) is 16.8. The average Bonchev–Trinajstić information content (AvgIpc) is 3.06. The van der Waals surface area contributed by atoms with Crippen LogP contribution in [0.1, 0.15) is 18.4 Å². The highest BCUT2D eigenvalue weighted by atomic mass is 16.5. The fourth-order valence-electron chi connectivity index (χ4n) is 3.31. The number of ether oxygens (including phenoxy) is 1. The third-order valence-electron chi connectivity index (χ3n) is 4.70. The van der Waals surface area contributed by atoms with Gasteiger partial charge in [0.05, 0.1) is 13.2 Å². The van der Waals surface area contributed by atoms with Crippen LogP contribution in [0.25, 0.3) is 0 Å². The fraction of sp³-hybridized carbons (Fsp3) is 0.556. The van der Waals surface area contributed by atoms with E-state index >= 15 is 0 Å². The lowest BCUT2D eigenvalue weighted by molar-refractivity contribution is -0.126. The molecule has 2 N–H and O–H groups in total. The smallest absolute Gasteiger partial charge is 0.242 e. The summed E-state index contributed by atoms with van der Waals surface area (Å²) in [5.74, 6) is -0.115. The summed E-state index contributed by atoms with van der Waals surface area (Å²) < 4.78 is 5.44. The van der Waals surface area contributed by atoms with Gasteiger partial charge >= 0.3 is 0 Å². The van der Waals surface area contributed by atoms with E-state index < -0.39 is 0 Å². The SMILES string of the molecule is O=C1CCC(C(=O)NCC(Cc2ccccc2)N2CCOCC2)N1. The number of benzene rings is 1. The van der Waals surface area contributed by atoms with Crippen LogP contribution in [0.3, 0.4) is 0 Å². The molecular weight excluding hydrogens is 306 g/mol. The topological polar surface area (TPSA) is 70.7 Å². The molecule has 0 aliphatic carbocycles. The van der Waals surface area contributed by atoms with E-state index in [1.165, 1.54) is 5.56 Å². The van der Waals surface area contributed by atoms with E-state index in [4.69, 9.17) is 4.74 Å². The van der Waals surface area contributed by atoms with Gasteiger partial charge in [-0.3, -0.25) is 14.5 Å². The Morgan fingerprint density at radius 2 is 2.04 bits per heavy atom. The van der Waals surface area contributed by atoms with Gasteiger partial charge in [0.1, 0.15) is 6.04 Å².